The van der Waals surface area contributed by atoms with Gasteiger partial charge in [0.15, 0.2) is 0 Å². The second-order valence-corrected chi connectivity index (χ2v) is 5.51. The highest BCUT2D eigenvalue weighted by atomic mass is 19.1. The number of rotatable bonds is 5. The van der Waals surface area contributed by atoms with E-state index in [9.17, 15) is 9.50 Å². The Morgan fingerprint density at radius 2 is 1.70 bits per heavy atom. The summed E-state index contributed by atoms with van der Waals surface area (Å²) in [5.74, 6) is -0.0504. The lowest BCUT2D eigenvalue weighted by Gasteiger charge is -2.16. The molecule has 2 aromatic carbocycles. The van der Waals surface area contributed by atoms with E-state index in [1.807, 2.05) is 0 Å². The van der Waals surface area contributed by atoms with Gasteiger partial charge in [0.25, 0.3) is 0 Å². The maximum atomic E-state index is 12.9. The van der Waals surface area contributed by atoms with Crippen molar-refractivity contribution < 1.29 is 9.50 Å². The molecule has 0 bridgehead atoms. The van der Waals surface area contributed by atoms with Crippen LogP contribution in [0.1, 0.15) is 22.3 Å². The number of aryl methyl sites for hydroxylation is 2. The topological polar surface area (TPSA) is 20.2 Å². The summed E-state index contributed by atoms with van der Waals surface area (Å²) in [5.41, 5.74) is 4.86. The fourth-order valence-electron chi connectivity index (χ4n) is 2.54. The zero-order valence-electron chi connectivity index (χ0n) is 12.1. The smallest absolute Gasteiger partial charge is 0.123 e. The highest BCUT2D eigenvalue weighted by Crippen LogP contribution is 2.18. The summed E-state index contributed by atoms with van der Waals surface area (Å²) in [6.07, 6.45) is 1.62. The molecule has 2 heteroatoms. The van der Waals surface area contributed by atoms with Gasteiger partial charge in [-0.05, 0) is 61.4 Å². The van der Waals surface area contributed by atoms with E-state index in [0.717, 1.165) is 18.4 Å². The van der Waals surface area contributed by atoms with E-state index in [2.05, 4.69) is 32.0 Å². The zero-order valence-corrected chi connectivity index (χ0v) is 12.1. The van der Waals surface area contributed by atoms with Crippen LogP contribution in [0.5, 0.6) is 0 Å². The van der Waals surface area contributed by atoms with Crippen LogP contribution in [-0.4, -0.2) is 11.7 Å². The van der Waals surface area contributed by atoms with Gasteiger partial charge in [0.1, 0.15) is 5.82 Å². The summed E-state index contributed by atoms with van der Waals surface area (Å²) >= 11 is 0. The summed E-state index contributed by atoms with van der Waals surface area (Å²) in [6, 6.07) is 12.9. The Hall–Kier alpha value is -1.67. The number of hydrogen-bond acceptors (Lipinski definition) is 1. The molecule has 0 aliphatic carbocycles. The summed E-state index contributed by atoms with van der Waals surface area (Å²) in [7, 11) is 0. The van der Waals surface area contributed by atoms with Crippen molar-refractivity contribution in [2.24, 2.45) is 5.92 Å². The summed E-state index contributed by atoms with van der Waals surface area (Å²) in [5, 5.41) is 9.57. The summed E-state index contributed by atoms with van der Waals surface area (Å²) in [4.78, 5) is 0. The number of benzene rings is 2. The lowest BCUT2D eigenvalue weighted by molar-refractivity contribution is 0.225. The normalized spacial score (nSPS) is 12.4. The maximum Gasteiger partial charge on any atom is 0.123 e. The third-order valence-electron chi connectivity index (χ3n) is 3.70. The zero-order chi connectivity index (χ0) is 14.5. The third kappa shape index (κ3) is 3.91. The average molecular weight is 272 g/mol. The number of aliphatic hydroxyl groups is 1. The van der Waals surface area contributed by atoms with Gasteiger partial charge in [0, 0.05) is 6.61 Å². The largest absolute Gasteiger partial charge is 0.396 e. The number of halogens is 1. The fourth-order valence-corrected chi connectivity index (χ4v) is 2.54. The summed E-state index contributed by atoms with van der Waals surface area (Å²) in [6.45, 7) is 4.33. The quantitative estimate of drug-likeness (QED) is 0.877. The van der Waals surface area contributed by atoms with Crippen LogP contribution in [0, 0.1) is 25.6 Å². The first kappa shape index (κ1) is 14.7. The van der Waals surface area contributed by atoms with Gasteiger partial charge in [0.05, 0.1) is 0 Å². The molecule has 0 fully saturated rings. The molecule has 1 unspecified atom stereocenters. The lowest BCUT2D eigenvalue weighted by atomic mass is 9.91. The predicted molar refractivity (Wildman–Crippen MR) is 80.3 cm³/mol. The Labute approximate surface area is 120 Å². The third-order valence-corrected chi connectivity index (χ3v) is 3.70. The molecule has 2 aromatic rings. The van der Waals surface area contributed by atoms with Crippen LogP contribution in [0.4, 0.5) is 4.39 Å². The Bertz CT molecular complexity index is 560. The van der Waals surface area contributed by atoms with E-state index in [0.29, 0.717) is 0 Å². The number of hydrogen-bond donors (Lipinski definition) is 1. The number of aliphatic hydroxyl groups excluding tert-OH is 1. The molecule has 1 nitrogen and oxygen atoms in total. The van der Waals surface area contributed by atoms with Gasteiger partial charge < -0.3 is 5.11 Å². The van der Waals surface area contributed by atoms with Crippen LogP contribution < -0.4 is 0 Å². The Morgan fingerprint density at radius 1 is 1.00 bits per heavy atom. The SMILES string of the molecule is Cc1ccc(CC(CO)Cc2ccc(F)cc2)c(C)c1. The van der Waals surface area contributed by atoms with Crippen molar-refractivity contribution in [3.63, 3.8) is 0 Å². The van der Waals surface area contributed by atoms with Gasteiger partial charge in [-0.2, -0.15) is 0 Å². The highest BCUT2D eigenvalue weighted by molar-refractivity contribution is 5.31. The van der Waals surface area contributed by atoms with Crippen LogP contribution in [0.2, 0.25) is 0 Å². The van der Waals surface area contributed by atoms with Gasteiger partial charge in [-0.3, -0.25) is 0 Å². The van der Waals surface area contributed by atoms with Crippen molar-refractivity contribution in [2.75, 3.05) is 6.61 Å². The van der Waals surface area contributed by atoms with Crippen molar-refractivity contribution in [3.05, 3.63) is 70.5 Å². The van der Waals surface area contributed by atoms with E-state index in [1.54, 1.807) is 12.1 Å². The van der Waals surface area contributed by atoms with Crippen LogP contribution in [0.15, 0.2) is 42.5 Å². The molecule has 0 aliphatic rings. The molecule has 1 N–H and O–H groups in total. The highest BCUT2D eigenvalue weighted by Gasteiger charge is 2.11. The summed E-state index contributed by atoms with van der Waals surface area (Å²) < 4.78 is 12.9. The first-order valence-corrected chi connectivity index (χ1v) is 7.00. The molecule has 1 atom stereocenters. The monoisotopic (exact) mass is 272 g/mol. The van der Waals surface area contributed by atoms with E-state index >= 15 is 0 Å². The molecule has 0 heterocycles. The molecule has 106 valence electrons. The average Bonchev–Trinajstić information content (AvgIpc) is 2.43. The van der Waals surface area contributed by atoms with Crippen molar-refractivity contribution >= 4 is 0 Å². The van der Waals surface area contributed by atoms with Gasteiger partial charge >= 0.3 is 0 Å². The standard InChI is InChI=1S/C18H21FO/c1-13-3-6-17(14(2)9-13)11-16(12-20)10-15-4-7-18(19)8-5-15/h3-9,16,20H,10-12H2,1-2H3. The fraction of sp³-hybridized carbons (Fsp3) is 0.333. The Balaban J connectivity index is 2.07. The minimum absolute atomic E-state index is 0.144. The molecule has 0 aliphatic heterocycles. The second kappa shape index (κ2) is 6.67. The van der Waals surface area contributed by atoms with Crippen LogP contribution in [0.25, 0.3) is 0 Å². The molecular formula is C18H21FO. The van der Waals surface area contributed by atoms with Crippen molar-refractivity contribution in [2.45, 2.75) is 26.7 Å². The Morgan fingerprint density at radius 3 is 2.30 bits per heavy atom. The van der Waals surface area contributed by atoms with Crippen LogP contribution in [0.3, 0.4) is 0 Å². The minimum atomic E-state index is -0.219. The first-order valence-electron chi connectivity index (χ1n) is 7.00. The molecular weight excluding hydrogens is 251 g/mol. The van der Waals surface area contributed by atoms with E-state index in [-0.39, 0.29) is 18.3 Å². The van der Waals surface area contributed by atoms with Gasteiger partial charge in [-0.1, -0.05) is 35.9 Å². The van der Waals surface area contributed by atoms with E-state index in [1.165, 1.54) is 28.8 Å². The van der Waals surface area contributed by atoms with Gasteiger partial charge in [-0.25, -0.2) is 4.39 Å². The Kier molecular flexibility index (Phi) is 4.91. The van der Waals surface area contributed by atoms with Crippen LogP contribution >= 0.6 is 0 Å². The van der Waals surface area contributed by atoms with Crippen molar-refractivity contribution in [1.82, 2.24) is 0 Å². The van der Waals surface area contributed by atoms with Crippen molar-refractivity contribution in [1.29, 1.82) is 0 Å². The van der Waals surface area contributed by atoms with E-state index in [4.69, 9.17) is 0 Å². The second-order valence-electron chi connectivity index (χ2n) is 5.51. The molecule has 0 aromatic heterocycles. The molecule has 0 radical (unpaired) electrons. The molecule has 0 spiro atoms. The van der Waals surface area contributed by atoms with E-state index < -0.39 is 0 Å². The minimum Gasteiger partial charge on any atom is -0.396 e. The maximum absolute atomic E-state index is 12.9. The molecule has 20 heavy (non-hydrogen) atoms. The molecule has 0 saturated carbocycles. The molecule has 0 amide bonds. The first-order chi connectivity index (χ1) is 9.58. The molecule has 0 saturated heterocycles. The lowest BCUT2D eigenvalue weighted by Crippen LogP contribution is -2.13. The van der Waals surface area contributed by atoms with Crippen LogP contribution in [-0.2, 0) is 12.8 Å². The van der Waals surface area contributed by atoms with Gasteiger partial charge in [-0.15, -0.1) is 0 Å². The van der Waals surface area contributed by atoms with Crippen molar-refractivity contribution in [3.8, 4) is 0 Å². The predicted octanol–water partition coefficient (Wildman–Crippen LogP) is 3.84. The molecule has 2 rings (SSSR count). The van der Waals surface area contributed by atoms with Gasteiger partial charge in [0.2, 0.25) is 0 Å².